The Morgan fingerprint density at radius 1 is 1.07 bits per heavy atom. The molecule has 0 atom stereocenters. The molecule has 2 aliphatic rings. The maximum Gasteiger partial charge on any atom is 0.194 e. The van der Waals surface area contributed by atoms with E-state index >= 15 is 0 Å². The summed E-state index contributed by atoms with van der Waals surface area (Å²) in [6, 6.07) is 8.99. The van der Waals surface area contributed by atoms with Gasteiger partial charge in [-0.05, 0) is 69.7 Å². The van der Waals surface area contributed by atoms with Crippen molar-refractivity contribution in [2.45, 2.75) is 65.6 Å². The van der Waals surface area contributed by atoms with Crippen LogP contribution in [0.4, 0.5) is 0 Å². The van der Waals surface area contributed by atoms with E-state index in [2.05, 4.69) is 60.2 Å². The van der Waals surface area contributed by atoms with Crippen LogP contribution in [0.15, 0.2) is 29.3 Å². The summed E-state index contributed by atoms with van der Waals surface area (Å²) in [7, 11) is 0. The van der Waals surface area contributed by atoms with Crippen molar-refractivity contribution in [3.8, 4) is 0 Å². The van der Waals surface area contributed by atoms with Crippen molar-refractivity contribution in [2.75, 3.05) is 39.3 Å². The summed E-state index contributed by atoms with van der Waals surface area (Å²) in [6.07, 6.45) is 5.24. The topological polar surface area (TPSA) is 40.1 Å². The maximum absolute atomic E-state index is 5.79. The lowest BCUT2D eigenvalue weighted by Gasteiger charge is -2.34. The van der Waals surface area contributed by atoms with Gasteiger partial charge in [0.2, 0.25) is 0 Å². The molecule has 0 aliphatic carbocycles. The van der Waals surface area contributed by atoms with Gasteiger partial charge in [0.1, 0.15) is 0 Å². The first-order chi connectivity index (χ1) is 14.2. The molecule has 0 saturated carbocycles. The van der Waals surface area contributed by atoms with Crippen LogP contribution in [0.3, 0.4) is 0 Å². The van der Waals surface area contributed by atoms with E-state index < -0.39 is 0 Å². The zero-order valence-corrected chi connectivity index (χ0v) is 21.4. The molecule has 1 N–H and O–H groups in total. The smallest absolute Gasteiger partial charge is 0.194 e. The highest BCUT2D eigenvalue weighted by Crippen LogP contribution is 2.19. The van der Waals surface area contributed by atoms with Crippen LogP contribution in [-0.2, 0) is 17.8 Å². The maximum atomic E-state index is 5.79. The first-order valence-electron chi connectivity index (χ1n) is 11.6. The second-order valence-electron chi connectivity index (χ2n) is 8.59. The molecule has 170 valence electrons. The number of hydrogen-bond donors (Lipinski definition) is 1. The largest absolute Gasteiger partial charge is 0.378 e. The molecule has 5 nitrogen and oxygen atoms in total. The highest BCUT2D eigenvalue weighted by atomic mass is 127. The molecule has 2 fully saturated rings. The van der Waals surface area contributed by atoms with Gasteiger partial charge < -0.3 is 15.0 Å². The van der Waals surface area contributed by atoms with Gasteiger partial charge in [0.25, 0.3) is 0 Å². The summed E-state index contributed by atoms with van der Waals surface area (Å²) in [5.74, 6) is 1.92. The number of likely N-dealkylation sites (tertiary alicyclic amines) is 2. The lowest BCUT2D eigenvalue weighted by molar-refractivity contribution is 0.0263. The molecule has 1 aromatic carbocycles. The van der Waals surface area contributed by atoms with Crippen LogP contribution in [-0.4, -0.2) is 61.2 Å². The van der Waals surface area contributed by atoms with E-state index in [1.165, 1.54) is 37.1 Å². The fourth-order valence-electron chi connectivity index (χ4n) is 4.37. The van der Waals surface area contributed by atoms with E-state index in [1.54, 1.807) is 0 Å². The summed E-state index contributed by atoms with van der Waals surface area (Å²) >= 11 is 0. The number of ether oxygens (including phenoxy) is 1. The van der Waals surface area contributed by atoms with Crippen molar-refractivity contribution >= 4 is 29.9 Å². The molecule has 3 rings (SSSR count). The molecule has 2 heterocycles. The summed E-state index contributed by atoms with van der Waals surface area (Å²) in [5, 5.41) is 3.48. The number of rotatable bonds is 7. The van der Waals surface area contributed by atoms with Crippen LogP contribution in [0.25, 0.3) is 0 Å². The quantitative estimate of drug-likeness (QED) is 0.322. The zero-order chi connectivity index (χ0) is 20.5. The monoisotopic (exact) mass is 528 g/mol. The Balaban J connectivity index is 0.00000320. The van der Waals surface area contributed by atoms with Gasteiger partial charge in [0.05, 0.1) is 12.6 Å². The Morgan fingerprint density at radius 3 is 2.43 bits per heavy atom. The van der Waals surface area contributed by atoms with Crippen molar-refractivity contribution in [1.82, 2.24) is 15.1 Å². The zero-order valence-electron chi connectivity index (χ0n) is 19.1. The van der Waals surface area contributed by atoms with E-state index in [-0.39, 0.29) is 24.0 Å². The van der Waals surface area contributed by atoms with E-state index in [4.69, 9.17) is 9.73 Å². The molecule has 0 unspecified atom stereocenters. The minimum Gasteiger partial charge on any atom is -0.378 e. The fraction of sp³-hybridized carbons (Fsp3) is 0.708. The number of aliphatic imine (C=N–C) groups is 1. The van der Waals surface area contributed by atoms with Crippen LogP contribution >= 0.6 is 24.0 Å². The third kappa shape index (κ3) is 8.00. The Morgan fingerprint density at radius 2 is 1.77 bits per heavy atom. The third-order valence-electron chi connectivity index (χ3n) is 6.16. The van der Waals surface area contributed by atoms with Gasteiger partial charge in [-0.1, -0.05) is 31.2 Å². The standard InChI is InChI=1S/C24H40N4O.HI/c1-4-25-24(28-15-11-23(12-16-28)29-5-2)26-18-21-7-6-8-22(17-21)19-27-13-9-20(3)10-14-27;/h6-8,17,20,23H,4-5,9-16,18-19H2,1-3H3,(H,25,26);1H. The summed E-state index contributed by atoms with van der Waals surface area (Å²) in [4.78, 5) is 9.93. The van der Waals surface area contributed by atoms with Gasteiger partial charge in [-0.15, -0.1) is 24.0 Å². The predicted molar refractivity (Wildman–Crippen MR) is 137 cm³/mol. The minimum absolute atomic E-state index is 0. The van der Waals surface area contributed by atoms with Crippen molar-refractivity contribution in [2.24, 2.45) is 10.9 Å². The van der Waals surface area contributed by atoms with Gasteiger partial charge in [-0.25, -0.2) is 4.99 Å². The van der Waals surface area contributed by atoms with E-state index in [9.17, 15) is 0 Å². The molecule has 2 aliphatic heterocycles. The summed E-state index contributed by atoms with van der Waals surface area (Å²) < 4.78 is 5.79. The number of benzene rings is 1. The SMILES string of the molecule is CCNC(=NCc1cccc(CN2CCC(C)CC2)c1)N1CCC(OCC)CC1.I. The van der Waals surface area contributed by atoms with Crippen molar-refractivity contribution in [3.05, 3.63) is 35.4 Å². The molecular weight excluding hydrogens is 487 g/mol. The van der Waals surface area contributed by atoms with Crippen molar-refractivity contribution in [3.63, 3.8) is 0 Å². The molecule has 0 aromatic heterocycles. The molecule has 30 heavy (non-hydrogen) atoms. The lowest BCUT2D eigenvalue weighted by Crippen LogP contribution is -2.47. The highest BCUT2D eigenvalue weighted by molar-refractivity contribution is 14.0. The van der Waals surface area contributed by atoms with Gasteiger partial charge in [-0.2, -0.15) is 0 Å². The summed E-state index contributed by atoms with van der Waals surface area (Å²) in [5.41, 5.74) is 2.71. The molecule has 0 bridgehead atoms. The van der Waals surface area contributed by atoms with Crippen LogP contribution in [0.1, 0.15) is 57.6 Å². The molecule has 6 heteroatoms. The van der Waals surface area contributed by atoms with Gasteiger partial charge in [0.15, 0.2) is 5.96 Å². The van der Waals surface area contributed by atoms with E-state index in [0.29, 0.717) is 6.10 Å². The number of piperidine rings is 2. The normalized spacial score (nSPS) is 19.6. The predicted octanol–water partition coefficient (Wildman–Crippen LogP) is 4.50. The number of halogens is 1. The van der Waals surface area contributed by atoms with Crippen LogP contribution in [0, 0.1) is 5.92 Å². The van der Waals surface area contributed by atoms with Gasteiger partial charge in [0, 0.05) is 32.8 Å². The molecule has 0 spiro atoms. The number of nitrogens with one attached hydrogen (secondary N) is 1. The van der Waals surface area contributed by atoms with Crippen molar-refractivity contribution < 1.29 is 4.74 Å². The number of hydrogen-bond acceptors (Lipinski definition) is 3. The molecule has 0 amide bonds. The molecule has 1 aromatic rings. The Hall–Kier alpha value is -0.860. The third-order valence-corrected chi connectivity index (χ3v) is 6.16. The molecule has 2 saturated heterocycles. The molecule has 0 radical (unpaired) electrons. The van der Waals surface area contributed by atoms with Gasteiger partial charge >= 0.3 is 0 Å². The second-order valence-corrected chi connectivity index (χ2v) is 8.59. The van der Waals surface area contributed by atoms with Gasteiger partial charge in [-0.3, -0.25) is 4.90 Å². The van der Waals surface area contributed by atoms with E-state index in [1.807, 2.05) is 0 Å². The second kappa shape index (κ2) is 13.5. The first-order valence-corrected chi connectivity index (χ1v) is 11.6. The number of guanidine groups is 1. The fourth-order valence-corrected chi connectivity index (χ4v) is 4.37. The number of nitrogens with zero attached hydrogens (tertiary/aromatic N) is 3. The Kier molecular flexibility index (Phi) is 11.5. The summed E-state index contributed by atoms with van der Waals surface area (Å²) in [6.45, 7) is 14.6. The Bertz CT molecular complexity index is 638. The van der Waals surface area contributed by atoms with Crippen LogP contribution < -0.4 is 5.32 Å². The van der Waals surface area contributed by atoms with E-state index in [0.717, 1.165) is 64.0 Å². The highest BCUT2D eigenvalue weighted by Gasteiger charge is 2.21. The molecular formula is C24H41IN4O. The minimum atomic E-state index is 0. The van der Waals surface area contributed by atoms with Crippen molar-refractivity contribution in [1.29, 1.82) is 0 Å². The lowest BCUT2D eigenvalue weighted by atomic mass is 9.98. The first kappa shape index (κ1) is 25.4. The van der Waals surface area contributed by atoms with Crippen LogP contribution in [0.5, 0.6) is 0 Å². The average molecular weight is 529 g/mol. The van der Waals surface area contributed by atoms with Crippen LogP contribution in [0.2, 0.25) is 0 Å². The Labute approximate surface area is 200 Å². The average Bonchev–Trinajstić information content (AvgIpc) is 2.74.